The number of benzene rings is 1. The molecule has 0 unspecified atom stereocenters. The summed E-state index contributed by atoms with van der Waals surface area (Å²) in [6, 6.07) is 6.21. The van der Waals surface area contributed by atoms with Gasteiger partial charge in [-0.25, -0.2) is 9.50 Å². The van der Waals surface area contributed by atoms with Crippen LogP contribution in [0.4, 0.5) is 5.69 Å². The molecule has 22 heavy (non-hydrogen) atoms. The molecule has 1 N–H and O–H groups in total. The number of non-ortho nitro benzene ring substituents is 1. The van der Waals surface area contributed by atoms with Crippen LogP contribution in [-0.4, -0.2) is 19.5 Å². The SMILES string of the molecule is Cc1nc2c(-c3ccc([N+](=O)[O-])cc3)c(C)[nH]n2c(=O)c1C. The molecule has 0 amide bonds. The normalized spacial score (nSPS) is 11.0. The van der Waals surface area contributed by atoms with E-state index in [4.69, 9.17) is 0 Å². The van der Waals surface area contributed by atoms with Crippen molar-refractivity contribution in [1.29, 1.82) is 0 Å². The number of nitro groups is 1. The molecular weight excluding hydrogens is 284 g/mol. The minimum Gasteiger partial charge on any atom is -0.293 e. The van der Waals surface area contributed by atoms with Gasteiger partial charge in [0.1, 0.15) is 0 Å². The molecule has 7 heteroatoms. The van der Waals surface area contributed by atoms with Gasteiger partial charge in [-0.3, -0.25) is 20.0 Å². The summed E-state index contributed by atoms with van der Waals surface area (Å²) in [6.07, 6.45) is 0. The quantitative estimate of drug-likeness (QED) is 0.581. The Bertz CT molecular complexity index is 952. The van der Waals surface area contributed by atoms with E-state index in [1.54, 1.807) is 26.0 Å². The Hall–Kier alpha value is -2.96. The van der Waals surface area contributed by atoms with Crippen LogP contribution in [0.1, 0.15) is 17.0 Å². The summed E-state index contributed by atoms with van der Waals surface area (Å²) in [7, 11) is 0. The van der Waals surface area contributed by atoms with Gasteiger partial charge in [0, 0.05) is 34.6 Å². The number of H-pyrrole nitrogens is 1. The molecule has 1 aromatic carbocycles. The Morgan fingerprint density at radius 3 is 2.41 bits per heavy atom. The number of nitrogens with zero attached hydrogens (tertiary/aromatic N) is 3. The molecule has 112 valence electrons. The molecular formula is C15H14N4O3. The summed E-state index contributed by atoms with van der Waals surface area (Å²) in [5.41, 5.74) is 4.01. The lowest BCUT2D eigenvalue weighted by Gasteiger charge is -2.03. The minimum absolute atomic E-state index is 0.0263. The van der Waals surface area contributed by atoms with Crippen molar-refractivity contribution >= 4 is 11.3 Å². The fourth-order valence-electron chi connectivity index (χ4n) is 2.47. The lowest BCUT2D eigenvalue weighted by molar-refractivity contribution is -0.384. The highest BCUT2D eigenvalue weighted by atomic mass is 16.6. The third kappa shape index (κ3) is 1.98. The summed E-state index contributed by atoms with van der Waals surface area (Å²) in [4.78, 5) is 27.1. The second kappa shape index (κ2) is 4.80. The first-order valence-electron chi connectivity index (χ1n) is 6.73. The average Bonchev–Trinajstić information content (AvgIpc) is 2.81. The van der Waals surface area contributed by atoms with Gasteiger partial charge in [-0.1, -0.05) is 0 Å². The maximum absolute atomic E-state index is 12.3. The van der Waals surface area contributed by atoms with Gasteiger partial charge in [-0.2, -0.15) is 0 Å². The molecule has 0 fully saturated rings. The number of nitro benzene ring substituents is 1. The smallest absolute Gasteiger partial charge is 0.275 e. The molecule has 3 aromatic rings. The van der Waals surface area contributed by atoms with Gasteiger partial charge in [-0.15, -0.1) is 0 Å². The van der Waals surface area contributed by atoms with Crippen LogP contribution in [0.5, 0.6) is 0 Å². The van der Waals surface area contributed by atoms with E-state index >= 15 is 0 Å². The summed E-state index contributed by atoms with van der Waals surface area (Å²) < 4.78 is 1.41. The van der Waals surface area contributed by atoms with Crippen LogP contribution in [0.25, 0.3) is 16.8 Å². The molecule has 2 aromatic heterocycles. The maximum Gasteiger partial charge on any atom is 0.275 e. The largest absolute Gasteiger partial charge is 0.293 e. The number of aromatic nitrogens is 3. The van der Waals surface area contributed by atoms with Crippen LogP contribution in [0.3, 0.4) is 0 Å². The molecule has 0 radical (unpaired) electrons. The van der Waals surface area contributed by atoms with Gasteiger partial charge in [0.25, 0.3) is 11.2 Å². The van der Waals surface area contributed by atoms with Crippen molar-refractivity contribution in [3.63, 3.8) is 0 Å². The van der Waals surface area contributed by atoms with Crippen molar-refractivity contribution in [2.45, 2.75) is 20.8 Å². The van der Waals surface area contributed by atoms with Crippen LogP contribution in [0.2, 0.25) is 0 Å². The van der Waals surface area contributed by atoms with E-state index in [1.807, 2.05) is 6.92 Å². The Balaban J connectivity index is 2.29. The highest BCUT2D eigenvalue weighted by Gasteiger charge is 2.16. The van der Waals surface area contributed by atoms with Crippen molar-refractivity contribution in [1.82, 2.24) is 14.6 Å². The molecule has 0 aliphatic carbocycles. The number of fused-ring (bicyclic) bond motifs is 1. The Kier molecular flexibility index (Phi) is 3.05. The standard InChI is InChI=1S/C15H14N4O3/c1-8-9(2)16-14-13(10(3)17-18(14)15(8)20)11-4-6-12(7-5-11)19(21)22/h4-7,17H,1-3H3. The van der Waals surface area contributed by atoms with E-state index in [0.29, 0.717) is 16.9 Å². The zero-order valence-electron chi connectivity index (χ0n) is 12.4. The fraction of sp³-hybridized carbons (Fsp3) is 0.200. The van der Waals surface area contributed by atoms with Crippen molar-refractivity contribution in [2.24, 2.45) is 0 Å². The number of rotatable bonds is 2. The van der Waals surface area contributed by atoms with Gasteiger partial charge in [-0.05, 0) is 38.5 Å². The predicted molar refractivity (Wildman–Crippen MR) is 82.1 cm³/mol. The number of nitrogens with one attached hydrogen (secondary N) is 1. The summed E-state index contributed by atoms with van der Waals surface area (Å²) in [5.74, 6) is 0. The van der Waals surface area contributed by atoms with Gasteiger partial charge < -0.3 is 0 Å². The monoisotopic (exact) mass is 298 g/mol. The third-order valence-corrected chi connectivity index (χ3v) is 3.80. The van der Waals surface area contributed by atoms with Gasteiger partial charge >= 0.3 is 0 Å². The molecule has 2 heterocycles. The second-order valence-corrected chi connectivity index (χ2v) is 5.20. The van der Waals surface area contributed by atoms with Crippen LogP contribution in [0, 0.1) is 30.9 Å². The van der Waals surface area contributed by atoms with Gasteiger partial charge in [0.15, 0.2) is 5.65 Å². The lowest BCUT2D eigenvalue weighted by Crippen LogP contribution is -2.19. The highest BCUT2D eigenvalue weighted by Crippen LogP contribution is 2.28. The number of aromatic amines is 1. The molecule has 0 aliphatic heterocycles. The zero-order chi connectivity index (χ0) is 16.0. The zero-order valence-corrected chi connectivity index (χ0v) is 12.4. The first kappa shape index (κ1) is 14.0. The molecule has 7 nitrogen and oxygen atoms in total. The average molecular weight is 298 g/mol. The van der Waals surface area contributed by atoms with Crippen molar-refractivity contribution in [3.05, 3.63) is 61.7 Å². The van der Waals surface area contributed by atoms with E-state index in [9.17, 15) is 14.9 Å². The number of hydrogen-bond donors (Lipinski definition) is 1. The second-order valence-electron chi connectivity index (χ2n) is 5.20. The van der Waals surface area contributed by atoms with Crippen LogP contribution in [0.15, 0.2) is 29.1 Å². The fourth-order valence-corrected chi connectivity index (χ4v) is 2.47. The van der Waals surface area contributed by atoms with Crippen molar-refractivity contribution < 1.29 is 4.92 Å². The van der Waals surface area contributed by atoms with E-state index in [1.165, 1.54) is 16.6 Å². The van der Waals surface area contributed by atoms with E-state index in [2.05, 4.69) is 10.1 Å². The van der Waals surface area contributed by atoms with Crippen molar-refractivity contribution in [3.8, 4) is 11.1 Å². The van der Waals surface area contributed by atoms with E-state index in [0.717, 1.165) is 16.8 Å². The maximum atomic E-state index is 12.3. The number of aryl methyl sites for hydroxylation is 2. The Labute approximate surface area is 125 Å². The first-order valence-corrected chi connectivity index (χ1v) is 6.73. The summed E-state index contributed by atoms with van der Waals surface area (Å²) >= 11 is 0. The van der Waals surface area contributed by atoms with Gasteiger partial charge in [0.05, 0.1) is 4.92 Å². The molecule has 0 aliphatic rings. The van der Waals surface area contributed by atoms with Crippen LogP contribution >= 0.6 is 0 Å². The first-order chi connectivity index (χ1) is 10.4. The summed E-state index contributed by atoms with van der Waals surface area (Å²) in [5, 5.41) is 13.8. The number of hydrogen-bond acceptors (Lipinski definition) is 4. The van der Waals surface area contributed by atoms with Gasteiger partial charge in [0.2, 0.25) is 0 Å². The molecule has 0 atom stereocenters. The lowest BCUT2D eigenvalue weighted by atomic mass is 10.1. The Morgan fingerprint density at radius 1 is 1.18 bits per heavy atom. The molecule has 0 saturated heterocycles. The molecule has 0 bridgehead atoms. The Morgan fingerprint density at radius 2 is 1.82 bits per heavy atom. The minimum atomic E-state index is -0.442. The van der Waals surface area contributed by atoms with E-state index in [-0.39, 0.29) is 11.2 Å². The summed E-state index contributed by atoms with van der Waals surface area (Å²) in [6.45, 7) is 5.37. The van der Waals surface area contributed by atoms with Crippen LogP contribution < -0.4 is 5.56 Å². The van der Waals surface area contributed by atoms with E-state index < -0.39 is 4.92 Å². The highest BCUT2D eigenvalue weighted by molar-refractivity contribution is 5.80. The molecule has 3 rings (SSSR count). The van der Waals surface area contributed by atoms with Crippen molar-refractivity contribution in [2.75, 3.05) is 0 Å². The van der Waals surface area contributed by atoms with Crippen LogP contribution in [-0.2, 0) is 0 Å². The molecule has 0 spiro atoms. The third-order valence-electron chi connectivity index (χ3n) is 3.80. The predicted octanol–water partition coefficient (Wildman–Crippen LogP) is 2.52. The molecule has 0 saturated carbocycles. The topological polar surface area (TPSA) is 93.3 Å².